The number of fused-ring (bicyclic) bond motifs is 1. The van der Waals surface area contributed by atoms with Crippen LogP contribution in [0, 0.1) is 18.3 Å². The lowest BCUT2D eigenvalue weighted by Gasteiger charge is -2.09. The molecule has 3 rings (SSSR count). The molecule has 0 spiro atoms. The summed E-state index contributed by atoms with van der Waals surface area (Å²) in [6.45, 7) is 2.00. The number of nitriles is 1. The molecule has 20 heavy (non-hydrogen) atoms. The first-order chi connectivity index (χ1) is 9.70. The van der Waals surface area contributed by atoms with Gasteiger partial charge in [-0.05, 0) is 18.6 Å². The number of nitrogens with one attached hydrogen (secondary N) is 1. The van der Waals surface area contributed by atoms with Crippen molar-refractivity contribution < 1.29 is 0 Å². The third-order valence-electron chi connectivity index (χ3n) is 3.37. The molecule has 0 saturated carbocycles. The smallest absolute Gasteiger partial charge is 0.266 e. The van der Waals surface area contributed by atoms with Gasteiger partial charge in [0.2, 0.25) is 0 Å². The number of hydrogen-bond acceptors (Lipinski definition) is 2. The van der Waals surface area contributed by atoms with Crippen LogP contribution in [0.4, 0.5) is 0 Å². The second-order valence-electron chi connectivity index (χ2n) is 4.73. The number of nitrogens with zero attached hydrogens (tertiary/aromatic N) is 1. The van der Waals surface area contributed by atoms with Crippen LogP contribution in [-0.4, -0.2) is 4.98 Å². The first-order valence-corrected chi connectivity index (χ1v) is 6.33. The minimum atomic E-state index is -0.346. The number of aryl methyl sites for hydroxylation is 1. The first-order valence-electron chi connectivity index (χ1n) is 6.33. The highest BCUT2D eigenvalue weighted by molar-refractivity contribution is 5.97. The number of aromatic nitrogens is 1. The molecule has 0 bridgehead atoms. The Morgan fingerprint density at radius 1 is 1.05 bits per heavy atom. The van der Waals surface area contributed by atoms with Crippen molar-refractivity contribution in [2.75, 3.05) is 0 Å². The average molecular weight is 260 g/mol. The Morgan fingerprint density at radius 2 is 1.75 bits per heavy atom. The van der Waals surface area contributed by atoms with E-state index in [9.17, 15) is 10.1 Å². The van der Waals surface area contributed by atoms with Crippen LogP contribution < -0.4 is 5.56 Å². The predicted molar refractivity (Wildman–Crippen MR) is 79.5 cm³/mol. The molecule has 1 aromatic heterocycles. The molecule has 3 nitrogen and oxygen atoms in total. The zero-order valence-electron chi connectivity index (χ0n) is 11.0. The molecule has 0 aliphatic heterocycles. The first kappa shape index (κ1) is 12.2. The fourth-order valence-corrected chi connectivity index (χ4v) is 2.37. The van der Waals surface area contributed by atoms with Crippen LogP contribution in [0.1, 0.15) is 11.1 Å². The molecule has 3 heteroatoms. The zero-order valence-corrected chi connectivity index (χ0v) is 11.0. The molecule has 1 heterocycles. The van der Waals surface area contributed by atoms with Crippen LogP contribution in [0.25, 0.3) is 22.0 Å². The summed E-state index contributed by atoms with van der Waals surface area (Å²) in [6, 6.07) is 17.4. The van der Waals surface area contributed by atoms with Gasteiger partial charge in [-0.25, -0.2) is 0 Å². The lowest BCUT2D eigenvalue weighted by atomic mass is 9.96. The van der Waals surface area contributed by atoms with E-state index in [4.69, 9.17) is 0 Å². The molecule has 3 aromatic rings. The van der Waals surface area contributed by atoms with Gasteiger partial charge in [0.15, 0.2) is 0 Å². The van der Waals surface area contributed by atoms with E-state index < -0.39 is 0 Å². The van der Waals surface area contributed by atoms with E-state index in [1.165, 1.54) is 0 Å². The van der Waals surface area contributed by atoms with Crippen LogP contribution >= 0.6 is 0 Å². The van der Waals surface area contributed by atoms with Crippen molar-refractivity contribution in [3.63, 3.8) is 0 Å². The summed E-state index contributed by atoms with van der Waals surface area (Å²) in [4.78, 5) is 14.8. The maximum absolute atomic E-state index is 12.0. The third-order valence-corrected chi connectivity index (χ3v) is 3.37. The van der Waals surface area contributed by atoms with Gasteiger partial charge in [0.1, 0.15) is 11.6 Å². The topological polar surface area (TPSA) is 56.6 Å². The van der Waals surface area contributed by atoms with Crippen molar-refractivity contribution in [1.29, 1.82) is 5.26 Å². The summed E-state index contributed by atoms with van der Waals surface area (Å²) in [6.07, 6.45) is 0. The molecule has 0 unspecified atom stereocenters. The molecular weight excluding hydrogens is 248 g/mol. The summed E-state index contributed by atoms with van der Waals surface area (Å²) in [5.41, 5.74) is 3.28. The van der Waals surface area contributed by atoms with E-state index in [1.807, 2.05) is 61.5 Å². The summed E-state index contributed by atoms with van der Waals surface area (Å²) < 4.78 is 0. The lowest BCUT2D eigenvalue weighted by Crippen LogP contribution is -2.12. The molecule has 0 radical (unpaired) electrons. The van der Waals surface area contributed by atoms with E-state index >= 15 is 0 Å². The quantitative estimate of drug-likeness (QED) is 0.729. The van der Waals surface area contributed by atoms with Gasteiger partial charge in [-0.1, -0.05) is 48.0 Å². The summed E-state index contributed by atoms with van der Waals surface area (Å²) in [7, 11) is 0. The van der Waals surface area contributed by atoms with Crippen molar-refractivity contribution in [3.8, 4) is 17.2 Å². The number of benzene rings is 2. The molecule has 0 amide bonds. The largest absolute Gasteiger partial charge is 0.321 e. The number of hydrogen-bond donors (Lipinski definition) is 1. The van der Waals surface area contributed by atoms with Crippen LogP contribution in [0.3, 0.4) is 0 Å². The average Bonchev–Trinajstić information content (AvgIpc) is 2.47. The highest BCUT2D eigenvalue weighted by Crippen LogP contribution is 2.29. The van der Waals surface area contributed by atoms with E-state index in [-0.39, 0.29) is 11.1 Å². The van der Waals surface area contributed by atoms with Crippen molar-refractivity contribution in [2.24, 2.45) is 0 Å². The van der Waals surface area contributed by atoms with Crippen LogP contribution in [0.15, 0.2) is 53.3 Å². The van der Waals surface area contributed by atoms with Gasteiger partial charge in [-0.2, -0.15) is 5.26 Å². The Hall–Kier alpha value is -2.86. The van der Waals surface area contributed by atoms with Gasteiger partial charge in [-0.3, -0.25) is 4.79 Å². The number of rotatable bonds is 1. The molecule has 96 valence electrons. The molecule has 2 aromatic carbocycles. The van der Waals surface area contributed by atoms with Gasteiger partial charge >= 0.3 is 0 Å². The predicted octanol–water partition coefficient (Wildman–Crippen LogP) is 3.38. The number of aromatic amines is 1. The van der Waals surface area contributed by atoms with Crippen molar-refractivity contribution in [1.82, 2.24) is 4.98 Å². The second kappa shape index (κ2) is 4.67. The van der Waals surface area contributed by atoms with Crippen molar-refractivity contribution >= 4 is 10.9 Å². The fourth-order valence-electron chi connectivity index (χ4n) is 2.37. The summed E-state index contributed by atoms with van der Waals surface area (Å²) in [5.74, 6) is 0. The molecule has 0 fully saturated rings. The summed E-state index contributed by atoms with van der Waals surface area (Å²) >= 11 is 0. The monoisotopic (exact) mass is 260 g/mol. The normalized spacial score (nSPS) is 10.4. The van der Waals surface area contributed by atoms with E-state index in [1.54, 1.807) is 0 Å². The van der Waals surface area contributed by atoms with Gasteiger partial charge in [0, 0.05) is 16.5 Å². The second-order valence-corrected chi connectivity index (χ2v) is 4.73. The number of pyridine rings is 1. The van der Waals surface area contributed by atoms with Crippen molar-refractivity contribution in [2.45, 2.75) is 6.92 Å². The number of H-pyrrole nitrogens is 1. The summed E-state index contributed by atoms with van der Waals surface area (Å²) in [5, 5.41) is 10.2. The Kier molecular flexibility index (Phi) is 2.85. The Balaban J connectivity index is 2.46. The minimum absolute atomic E-state index is 0.160. The lowest BCUT2D eigenvalue weighted by molar-refractivity contribution is 1.27. The maximum atomic E-state index is 12.0. The van der Waals surface area contributed by atoms with E-state index in [2.05, 4.69) is 4.98 Å². The van der Waals surface area contributed by atoms with Crippen molar-refractivity contribution in [3.05, 3.63) is 70.0 Å². The Morgan fingerprint density at radius 3 is 2.45 bits per heavy atom. The van der Waals surface area contributed by atoms with Crippen LogP contribution in [0.2, 0.25) is 0 Å². The van der Waals surface area contributed by atoms with Gasteiger partial charge in [-0.15, -0.1) is 0 Å². The number of para-hydroxylation sites is 1. The maximum Gasteiger partial charge on any atom is 0.266 e. The van der Waals surface area contributed by atoms with E-state index in [0.29, 0.717) is 5.56 Å². The van der Waals surface area contributed by atoms with Gasteiger partial charge < -0.3 is 4.98 Å². The SMILES string of the molecule is Cc1ccc(-c2c(C#N)c(=O)[nH]c3ccccc23)cc1. The van der Waals surface area contributed by atoms with Crippen LogP contribution in [-0.2, 0) is 0 Å². The minimum Gasteiger partial charge on any atom is -0.321 e. The molecule has 1 N–H and O–H groups in total. The van der Waals surface area contributed by atoms with Crippen LogP contribution in [0.5, 0.6) is 0 Å². The highest BCUT2D eigenvalue weighted by atomic mass is 16.1. The van der Waals surface area contributed by atoms with E-state index in [0.717, 1.165) is 22.0 Å². The molecule has 0 aliphatic rings. The molecular formula is C17H12N2O. The molecule has 0 aliphatic carbocycles. The van der Waals surface area contributed by atoms with Gasteiger partial charge in [0.05, 0.1) is 0 Å². The fraction of sp³-hybridized carbons (Fsp3) is 0.0588. The highest BCUT2D eigenvalue weighted by Gasteiger charge is 2.13. The zero-order chi connectivity index (χ0) is 14.1. The Bertz CT molecular complexity index is 883. The third kappa shape index (κ3) is 1.88. The molecule has 0 atom stereocenters. The molecule has 0 saturated heterocycles. The van der Waals surface area contributed by atoms with Gasteiger partial charge in [0.25, 0.3) is 5.56 Å². The Labute approximate surface area is 116 Å². The standard InChI is InChI=1S/C17H12N2O/c1-11-6-8-12(9-7-11)16-13-4-2-3-5-15(13)19-17(20)14(16)10-18/h2-9H,1H3,(H,19,20).